The zero-order chi connectivity index (χ0) is 12.9. The lowest BCUT2D eigenvalue weighted by molar-refractivity contribution is -0.131. The van der Waals surface area contributed by atoms with Gasteiger partial charge >= 0.3 is 0 Å². The van der Waals surface area contributed by atoms with Crippen molar-refractivity contribution in [3.8, 4) is 0 Å². The second kappa shape index (κ2) is 4.36. The topological polar surface area (TPSA) is 42.3 Å². The van der Waals surface area contributed by atoms with Gasteiger partial charge in [-0.05, 0) is 41.0 Å². The van der Waals surface area contributed by atoms with Gasteiger partial charge in [0, 0.05) is 47.8 Å². The quantitative estimate of drug-likeness (QED) is 0.659. The fourth-order valence-corrected chi connectivity index (χ4v) is 4.13. The first kappa shape index (κ1) is 12.2. The van der Waals surface area contributed by atoms with E-state index in [1.807, 2.05) is 15.5 Å². The molecule has 2 aliphatic rings. The predicted molar refractivity (Wildman–Crippen MR) is 76.5 cm³/mol. The van der Waals surface area contributed by atoms with Gasteiger partial charge in [-0.15, -0.1) is 0 Å². The minimum absolute atomic E-state index is 0.0939. The van der Waals surface area contributed by atoms with Gasteiger partial charge in [0.1, 0.15) is 0 Å². The summed E-state index contributed by atoms with van der Waals surface area (Å²) in [6.45, 7) is 3.93. The Bertz CT molecular complexity index is 567. The average Bonchev–Trinajstić information content (AvgIpc) is 2.33. The van der Waals surface area contributed by atoms with Crippen LogP contribution in [0.2, 0.25) is 0 Å². The molecule has 0 radical (unpaired) electrons. The van der Waals surface area contributed by atoms with Crippen molar-refractivity contribution in [2.75, 3.05) is 13.1 Å². The van der Waals surface area contributed by atoms with E-state index in [0.717, 1.165) is 35.3 Å². The number of piperidine rings is 1. The van der Waals surface area contributed by atoms with Crippen molar-refractivity contribution in [3.05, 3.63) is 31.8 Å². The molecule has 2 aliphatic heterocycles. The molecule has 18 heavy (non-hydrogen) atoms. The summed E-state index contributed by atoms with van der Waals surface area (Å²) >= 11 is 2.29. The van der Waals surface area contributed by atoms with Crippen molar-refractivity contribution in [1.29, 1.82) is 0 Å². The summed E-state index contributed by atoms with van der Waals surface area (Å²) < 4.78 is 3.05. The molecular formula is C13H15IN2O2. The molecule has 3 heterocycles. The number of rotatable bonds is 0. The van der Waals surface area contributed by atoms with Gasteiger partial charge in [-0.2, -0.15) is 0 Å². The summed E-state index contributed by atoms with van der Waals surface area (Å²) in [7, 11) is 0. The van der Waals surface area contributed by atoms with E-state index in [1.54, 1.807) is 13.0 Å². The zero-order valence-corrected chi connectivity index (χ0v) is 12.4. The molecule has 5 heteroatoms. The Morgan fingerprint density at radius 3 is 2.83 bits per heavy atom. The monoisotopic (exact) mass is 358 g/mol. The van der Waals surface area contributed by atoms with Crippen LogP contribution in [0.1, 0.15) is 25.0 Å². The van der Waals surface area contributed by atoms with Crippen LogP contribution in [0.4, 0.5) is 0 Å². The summed E-state index contributed by atoms with van der Waals surface area (Å²) in [5, 5.41) is 0. The standard InChI is InChI=1S/C13H15IN2O2/c1-8(17)15-5-9-4-10(7-15)13-11(14)2-3-12(18)16(13)6-9/h2-3,9-10H,4-7H2,1H3/t9-,10+/m0/s1. The Kier molecular flexibility index (Phi) is 2.96. The van der Waals surface area contributed by atoms with Gasteiger partial charge in [-0.1, -0.05) is 0 Å². The molecule has 0 N–H and O–H groups in total. The van der Waals surface area contributed by atoms with Crippen molar-refractivity contribution in [2.45, 2.75) is 25.8 Å². The van der Waals surface area contributed by atoms with Gasteiger partial charge < -0.3 is 9.47 Å². The highest BCUT2D eigenvalue weighted by molar-refractivity contribution is 14.1. The molecule has 1 fully saturated rings. The van der Waals surface area contributed by atoms with Crippen molar-refractivity contribution in [3.63, 3.8) is 0 Å². The Labute approximate surface area is 119 Å². The Morgan fingerprint density at radius 1 is 1.33 bits per heavy atom. The van der Waals surface area contributed by atoms with Crippen molar-refractivity contribution in [1.82, 2.24) is 9.47 Å². The Morgan fingerprint density at radius 2 is 2.11 bits per heavy atom. The second-order valence-corrected chi connectivity index (χ2v) is 6.40. The number of likely N-dealkylation sites (tertiary alicyclic amines) is 1. The molecule has 0 aromatic carbocycles. The van der Waals surface area contributed by atoms with E-state index in [2.05, 4.69) is 22.6 Å². The zero-order valence-electron chi connectivity index (χ0n) is 10.2. The second-order valence-electron chi connectivity index (χ2n) is 5.24. The molecule has 2 bridgehead atoms. The van der Waals surface area contributed by atoms with Crippen LogP contribution in [0.3, 0.4) is 0 Å². The van der Waals surface area contributed by atoms with E-state index < -0.39 is 0 Å². The van der Waals surface area contributed by atoms with E-state index in [-0.39, 0.29) is 11.5 Å². The fourth-order valence-electron chi connectivity index (χ4n) is 3.22. The molecule has 1 amide bonds. The normalized spacial score (nSPS) is 25.8. The third-order valence-electron chi connectivity index (χ3n) is 3.98. The summed E-state index contributed by atoms with van der Waals surface area (Å²) in [5.41, 5.74) is 1.22. The highest BCUT2D eigenvalue weighted by Crippen LogP contribution is 2.36. The molecule has 1 aromatic rings. The number of nitrogens with zero attached hydrogens (tertiary/aromatic N) is 2. The van der Waals surface area contributed by atoms with Gasteiger partial charge in [0.25, 0.3) is 5.56 Å². The first-order valence-electron chi connectivity index (χ1n) is 6.21. The lowest BCUT2D eigenvalue weighted by Gasteiger charge is -2.42. The minimum Gasteiger partial charge on any atom is -0.342 e. The van der Waals surface area contributed by atoms with Gasteiger partial charge in [-0.3, -0.25) is 9.59 Å². The average molecular weight is 358 g/mol. The van der Waals surface area contributed by atoms with E-state index in [0.29, 0.717) is 11.8 Å². The van der Waals surface area contributed by atoms with Crippen LogP contribution in [0.15, 0.2) is 16.9 Å². The number of carbonyl (C=O) groups is 1. The molecule has 0 spiro atoms. The molecular weight excluding hydrogens is 343 g/mol. The van der Waals surface area contributed by atoms with E-state index in [9.17, 15) is 9.59 Å². The predicted octanol–water partition coefficient (Wildman–Crippen LogP) is 1.42. The van der Waals surface area contributed by atoms with Crippen molar-refractivity contribution < 1.29 is 4.79 Å². The number of aromatic nitrogens is 1. The van der Waals surface area contributed by atoms with Crippen LogP contribution in [0.5, 0.6) is 0 Å². The number of hydrogen-bond donors (Lipinski definition) is 0. The van der Waals surface area contributed by atoms with E-state index >= 15 is 0 Å². The van der Waals surface area contributed by atoms with Crippen LogP contribution in [0, 0.1) is 9.49 Å². The lowest BCUT2D eigenvalue weighted by Crippen LogP contribution is -2.48. The SMILES string of the molecule is CC(=O)N1C[C@@H]2C[C@H](C1)c1c(I)ccc(=O)n1C2. The summed E-state index contributed by atoms with van der Waals surface area (Å²) in [4.78, 5) is 25.4. The van der Waals surface area contributed by atoms with Crippen molar-refractivity contribution in [2.24, 2.45) is 5.92 Å². The molecule has 96 valence electrons. The van der Waals surface area contributed by atoms with Crippen LogP contribution in [-0.2, 0) is 11.3 Å². The molecule has 1 saturated heterocycles. The molecule has 0 unspecified atom stereocenters. The smallest absolute Gasteiger partial charge is 0.250 e. The molecule has 0 saturated carbocycles. The molecule has 1 aromatic heterocycles. The molecule has 3 rings (SSSR count). The van der Waals surface area contributed by atoms with Gasteiger partial charge in [0.2, 0.25) is 5.91 Å². The first-order chi connectivity index (χ1) is 8.56. The number of fused-ring (bicyclic) bond motifs is 4. The van der Waals surface area contributed by atoms with Gasteiger partial charge in [-0.25, -0.2) is 0 Å². The lowest BCUT2D eigenvalue weighted by atomic mass is 9.83. The maximum Gasteiger partial charge on any atom is 0.250 e. The Hall–Kier alpha value is -0.850. The van der Waals surface area contributed by atoms with Crippen LogP contribution >= 0.6 is 22.6 Å². The number of amides is 1. The fraction of sp³-hybridized carbons (Fsp3) is 0.538. The van der Waals surface area contributed by atoms with Crippen LogP contribution < -0.4 is 5.56 Å². The summed E-state index contributed by atoms with van der Waals surface area (Å²) in [6, 6.07) is 3.54. The Balaban J connectivity index is 2.06. The number of pyridine rings is 1. The third-order valence-corrected chi connectivity index (χ3v) is 4.90. The van der Waals surface area contributed by atoms with Crippen molar-refractivity contribution >= 4 is 28.5 Å². The number of hydrogen-bond acceptors (Lipinski definition) is 2. The van der Waals surface area contributed by atoms with E-state index in [1.165, 1.54) is 0 Å². The van der Waals surface area contributed by atoms with Crippen LogP contribution in [0.25, 0.3) is 0 Å². The summed E-state index contributed by atoms with van der Waals surface area (Å²) in [5.74, 6) is 0.893. The highest BCUT2D eigenvalue weighted by Gasteiger charge is 2.36. The maximum atomic E-state index is 11.9. The highest BCUT2D eigenvalue weighted by atomic mass is 127. The van der Waals surface area contributed by atoms with E-state index in [4.69, 9.17) is 0 Å². The minimum atomic E-state index is 0.0939. The maximum absolute atomic E-state index is 11.9. The molecule has 0 aliphatic carbocycles. The largest absolute Gasteiger partial charge is 0.342 e. The van der Waals surface area contributed by atoms with Gasteiger partial charge in [0.15, 0.2) is 0 Å². The third kappa shape index (κ3) is 1.88. The first-order valence-corrected chi connectivity index (χ1v) is 7.29. The molecule has 2 atom stereocenters. The number of carbonyl (C=O) groups excluding carboxylic acids is 1. The summed E-state index contributed by atoms with van der Waals surface area (Å²) in [6.07, 6.45) is 1.10. The number of halogens is 1. The van der Waals surface area contributed by atoms with Gasteiger partial charge in [0.05, 0.1) is 0 Å². The molecule has 4 nitrogen and oxygen atoms in total. The van der Waals surface area contributed by atoms with Crippen LogP contribution in [-0.4, -0.2) is 28.5 Å².